The second-order valence-electron chi connectivity index (χ2n) is 4.34. The Kier molecular flexibility index (Phi) is 3.89. The van der Waals surface area contributed by atoms with E-state index in [1.807, 2.05) is 0 Å². The summed E-state index contributed by atoms with van der Waals surface area (Å²) in [5.41, 5.74) is 0. The molecule has 0 unspecified atom stereocenters. The first-order chi connectivity index (χ1) is 8.55. The second-order valence-corrected chi connectivity index (χ2v) is 6.23. The van der Waals surface area contributed by atoms with Gasteiger partial charge in [-0.2, -0.15) is 4.31 Å². The summed E-state index contributed by atoms with van der Waals surface area (Å²) in [6.45, 7) is 0.716. The summed E-state index contributed by atoms with van der Waals surface area (Å²) in [5.74, 6) is -0.0430. The minimum Gasteiger partial charge on any atom is -0.508 e. The topological polar surface area (TPSA) is 66.8 Å². The van der Waals surface area contributed by atoms with E-state index >= 15 is 0 Å². The van der Waals surface area contributed by atoms with Gasteiger partial charge in [-0.15, -0.1) is 0 Å². The number of methoxy groups -OCH3 is 1. The third kappa shape index (κ3) is 2.82. The van der Waals surface area contributed by atoms with Gasteiger partial charge in [-0.05, 0) is 31.0 Å². The summed E-state index contributed by atoms with van der Waals surface area (Å²) in [7, 11) is -1.99. The van der Waals surface area contributed by atoms with Crippen molar-refractivity contribution in [2.45, 2.75) is 23.8 Å². The molecule has 0 saturated heterocycles. The van der Waals surface area contributed by atoms with Crippen molar-refractivity contribution in [3.05, 3.63) is 24.3 Å². The highest BCUT2D eigenvalue weighted by Gasteiger charge is 2.37. The van der Waals surface area contributed by atoms with Gasteiger partial charge >= 0.3 is 0 Å². The number of aromatic hydroxyl groups is 1. The molecule has 5 nitrogen and oxygen atoms in total. The van der Waals surface area contributed by atoms with Crippen LogP contribution in [0.25, 0.3) is 0 Å². The van der Waals surface area contributed by atoms with E-state index in [0.717, 1.165) is 12.8 Å². The zero-order chi connectivity index (χ0) is 13.2. The summed E-state index contributed by atoms with van der Waals surface area (Å²) in [6, 6.07) is 5.83. The summed E-state index contributed by atoms with van der Waals surface area (Å²) in [6.07, 6.45) is 1.78. The first-order valence-corrected chi connectivity index (χ1v) is 7.29. The van der Waals surface area contributed by atoms with Crippen LogP contribution in [-0.4, -0.2) is 44.1 Å². The van der Waals surface area contributed by atoms with Crippen molar-refractivity contribution < 1.29 is 18.3 Å². The Balaban J connectivity index is 2.27. The van der Waals surface area contributed by atoms with Crippen LogP contribution in [0.5, 0.6) is 5.75 Å². The Morgan fingerprint density at radius 3 is 2.72 bits per heavy atom. The van der Waals surface area contributed by atoms with Gasteiger partial charge in [0.25, 0.3) is 0 Å². The van der Waals surface area contributed by atoms with Crippen molar-refractivity contribution in [1.29, 1.82) is 0 Å². The number of ether oxygens (including phenoxy) is 1. The molecule has 0 radical (unpaired) electrons. The lowest BCUT2D eigenvalue weighted by Crippen LogP contribution is -2.35. The van der Waals surface area contributed by atoms with Gasteiger partial charge in [0, 0.05) is 19.7 Å². The van der Waals surface area contributed by atoms with Gasteiger partial charge in [-0.3, -0.25) is 0 Å². The van der Waals surface area contributed by atoms with Crippen molar-refractivity contribution in [3.8, 4) is 5.75 Å². The number of rotatable bonds is 6. The van der Waals surface area contributed by atoms with Crippen molar-refractivity contribution in [2.75, 3.05) is 20.3 Å². The Bertz CT molecular complexity index is 511. The quantitative estimate of drug-likeness (QED) is 0.844. The molecule has 0 spiro atoms. The minimum atomic E-state index is -3.54. The van der Waals surface area contributed by atoms with Crippen molar-refractivity contribution in [1.82, 2.24) is 4.31 Å². The Morgan fingerprint density at radius 1 is 1.44 bits per heavy atom. The van der Waals surface area contributed by atoms with Gasteiger partial charge in [0.2, 0.25) is 10.0 Å². The molecule has 0 bridgehead atoms. The molecule has 0 aliphatic heterocycles. The maximum atomic E-state index is 12.4. The molecule has 0 aromatic heterocycles. The molecule has 1 aromatic carbocycles. The van der Waals surface area contributed by atoms with Gasteiger partial charge in [-0.25, -0.2) is 8.42 Å². The number of hydrogen-bond donors (Lipinski definition) is 1. The Labute approximate surface area is 107 Å². The van der Waals surface area contributed by atoms with Crippen LogP contribution in [-0.2, 0) is 14.8 Å². The maximum absolute atomic E-state index is 12.4. The SMILES string of the molecule is COCCN(C1CC1)S(=O)(=O)c1cccc(O)c1. The monoisotopic (exact) mass is 271 g/mol. The molecule has 18 heavy (non-hydrogen) atoms. The molecule has 0 amide bonds. The first kappa shape index (κ1) is 13.3. The van der Waals surface area contributed by atoms with Crippen LogP contribution in [0.15, 0.2) is 29.2 Å². The highest BCUT2D eigenvalue weighted by molar-refractivity contribution is 7.89. The zero-order valence-corrected chi connectivity index (χ0v) is 11.1. The van der Waals surface area contributed by atoms with E-state index in [9.17, 15) is 13.5 Å². The average Bonchev–Trinajstić information content (AvgIpc) is 3.14. The molecule has 1 aliphatic rings. The number of benzene rings is 1. The van der Waals surface area contributed by atoms with Crippen LogP contribution in [0.4, 0.5) is 0 Å². The minimum absolute atomic E-state index is 0.0430. The second kappa shape index (κ2) is 5.26. The van der Waals surface area contributed by atoms with Crippen molar-refractivity contribution >= 4 is 10.0 Å². The lowest BCUT2D eigenvalue weighted by atomic mass is 10.3. The van der Waals surface area contributed by atoms with Crippen LogP contribution in [0, 0.1) is 0 Å². The summed E-state index contributed by atoms with van der Waals surface area (Å²) in [4.78, 5) is 0.130. The standard InChI is InChI=1S/C12H17NO4S/c1-17-8-7-13(10-5-6-10)18(15,16)12-4-2-3-11(14)9-12/h2-4,9-10,14H,5-8H2,1H3. The van der Waals surface area contributed by atoms with Crippen LogP contribution < -0.4 is 0 Å². The van der Waals surface area contributed by atoms with E-state index < -0.39 is 10.0 Å². The molecule has 1 aliphatic carbocycles. The predicted molar refractivity (Wildman–Crippen MR) is 66.9 cm³/mol. The highest BCUT2D eigenvalue weighted by atomic mass is 32.2. The number of hydrogen-bond acceptors (Lipinski definition) is 4. The maximum Gasteiger partial charge on any atom is 0.243 e. The number of nitrogens with zero attached hydrogens (tertiary/aromatic N) is 1. The van der Waals surface area contributed by atoms with Crippen LogP contribution in [0.1, 0.15) is 12.8 Å². The van der Waals surface area contributed by atoms with Gasteiger partial charge in [-0.1, -0.05) is 6.07 Å². The van der Waals surface area contributed by atoms with Gasteiger partial charge in [0.05, 0.1) is 11.5 Å². The van der Waals surface area contributed by atoms with E-state index in [2.05, 4.69) is 0 Å². The van der Waals surface area contributed by atoms with Crippen LogP contribution in [0.3, 0.4) is 0 Å². The summed E-state index contributed by atoms with van der Waals surface area (Å²) in [5, 5.41) is 9.38. The fourth-order valence-corrected chi connectivity index (χ4v) is 3.53. The molecule has 0 heterocycles. The van der Waals surface area contributed by atoms with E-state index in [0.29, 0.717) is 13.2 Å². The normalized spacial score (nSPS) is 16.1. The molecule has 1 saturated carbocycles. The molecule has 6 heteroatoms. The molecular weight excluding hydrogens is 254 g/mol. The summed E-state index contributed by atoms with van der Waals surface area (Å²) >= 11 is 0. The van der Waals surface area contributed by atoms with Gasteiger partial charge in [0.15, 0.2) is 0 Å². The number of phenols is 1. The van der Waals surface area contributed by atoms with Crippen molar-refractivity contribution in [3.63, 3.8) is 0 Å². The molecule has 1 fully saturated rings. The predicted octanol–water partition coefficient (Wildman–Crippen LogP) is 1.19. The third-order valence-electron chi connectivity index (χ3n) is 2.89. The zero-order valence-electron chi connectivity index (χ0n) is 10.2. The molecule has 1 N–H and O–H groups in total. The van der Waals surface area contributed by atoms with Gasteiger partial charge < -0.3 is 9.84 Å². The highest BCUT2D eigenvalue weighted by Crippen LogP contribution is 2.32. The van der Waals surface area contributed by atoms with E-state index in [4.69, 9.17) is 4.74 Å². The number of sulfonamides is 1. The Hall–Kier alpha value is -1.11. The van der Waals surface area contributed by atoms with Gasteiger partial charge in [0.1, 0.15) is 5.75 Å². The van der Waals surface area contributed by atoms with Crippen molar-refractivity contribution in [2.24, 2.45) is 0 Å². The first-order valence-electron chi connectivity index (χ1n) is 5.85. The summed E-state index contributed by atoms with van der Waals surface area (Å²) < 4.78 is 31.3. The van der Waals surface area contributed by atoms with E-state index in [1.165, 1.54) is 28.6 Å². The molecule has 2 rings (SSSR count). The fraction of sp³-hybridized carbons (Fsp3) is 0.500. The van der Waals surface area contributed by atoms with Crippen LogP contribution in [0.2, 0.25) is 0 Å². The van der Waals surface area contributed by atoms with Crippen LogP contribution >= 0.6 is 0 Å². The fourth-order valence-electron chi connectivity index (χ4n) is 1.82. The number of phenolic OH excluding ortho intramolecular Hbond substituents is 1. The molecular formula is C12H17NO4S. The molecule has 1 aromatic rings. The molecule has 100 valence electrons. The Morgan fingerprint density at radius 2 is 2.17 bits per heavy atom. The van der Waals surface area contributed by atoms with E-state index in [1.54, 1.807) is 7.11 Å². The van der Waals surface area contributed by atoms with E-state index in [-0.39, 0.29) is 16.7 Å². The third-order valence-corrected chi connectivity index (χ3v) is 4.84. The molecule has 0 atom stereocenters. The largest absolute Gasteiger partial charge is 0.508 e. The lowest BCUT2D eigenvalue weighted by Gasteiger charge is -2.21. The smallest absolute Gasteiger partial charge is 0.243 e. The lowest BCUT2D eigenvalue weighted by molar-refractivity contribution is 0.177. The average molecular weight is 271 g/mol.